The second-order valence-corrected chi connectivity index (χ2v) is 6.39. The quantitative estimate of drug-likeness (QED) is 0.672. The van der Waals surface area contributed by atoms with Crippen LogP contribution in [0.5, 0.6) is 0 Å². The Labute approximate surface area is 90.4 Å². The summed E-state index contributed by atoms with van der Waals surface area (Å²) in [5.41, 5.74) is 5.53. The van der Waals surface area contributed by atoms with Crippen LogP contribution in [0.3, 0.4) is 0 Å². The lowest BCUT2D eigenvalue weighted by atomic mass is 10.2. The first-order valence-electron chi connectivity index (χ1n) is 4.66. The molecule has 1 heterocycles. The zero-order valence-electron chi connectivity index (χ0n) is 8.27. The molecule has 6 heteroatoms. The van der Waals surface area contributed by atoms with Gasteiger partial charge in [0, 0.05) is 6.54 Å². The molecule has 0 spiro atoms. The SMILES string of the molecule is CC(C(N)=S)N1CCCS(=O)(=O)CC1. The van der Waals surface area contributed by atoms with Crippen molar-refractivity contribution < 1.29 is 8.42 Å². The Hall–Kier alpha value is -0.200. The third kappa shape index (κ3) is 3.18. The number of hydrogen-bond acceptors (Lipinski definition) is 4. The summed E-state index contributed by atoms with van der Waals surface area (Å²) in [4.78, 5) is 2.47. The molecule has 0 radical (unpaired) electrons. The summed E-state index contributed by atoms with van der Waals surface area (Å²) in [5, 5.41) is 0. The van der Waals surface area contributed by atoms with Gasteiger partial charge >= 0.3 is 0 Å². The summed E-state index contributed by atoms with van der Waals surface area (Å²) in [6.07, 6.45) is 0.676. The lowest BCUT2D eigenvalue weighted by Crippen LogP contribution is -2.43. The number of nitrogens with two attached hydrogens (primary N) is 1. The molecule has 0 aromatic rings. The molecule has 1 aliphatic heterocycles. The lowest BCUT2D eigenvalue weighted by molar-refractivity contribution is 0.274. The number of sulfone groups is 1. The maximum absolute atomic E-state index is 11.3. The van der Waals surface area contributed by atoms with E-state index in [2.05, 4.69) is 0 Å². The summed E-state index contributed by atoms with van der Waals surface area (Å²) in [5.74, 6) is 0.507. The minimum absolute atomic E-state index is 0.00157. The summed E-state index contributed by atoms with van der Waals surface area (Å²) in [7, 11) is -2.84. The van der Waals surface area contributed by atoms with E-state index in [9.17, 15) is 8.42 Å². The summed E-state index contributed by atoms with van der Waals surface area (Å²) >= 11 is 4.89. The average molecular weight is 236 g/mol. The highest BCUT2D eigenvalue weighted by Gasteiger charge is 2.23. The maximum atomic E-state index is 11.3. The van der Waals surface area contributed by atoms with Gasteiger partial charge in [0.05, 0.1) is 22.5 Å². The van der Waals surface area contributed by atoms with Crippen LogP contribution >= 0.6 is 12.2 Å². The fraction of sp³-hybridized carbons (Fsp3) is 0.875. The zero-order valence-corrected chi connectivity index (χ0v) is 9.90. The molecule has 0 saturated carbocycles. The molecule has 0 aliphatic carbocycles. The van der Waals surface area contributed by atoms with Gasteiger partial charge in [0.2, 0.25) is 0 Å². The number of rotatable bonds is 2. The van der Waals surface area contributed by atoms with Crippen molar-refractivity contribution in [1.29, 1.82) is 0 Å². The van der Waals surface area contributed by atoms with Gasteiger partial charge in [-0.1, -0.05) is 12.2 Å². The van der Waals surface area contributed by atoms with Crippen LogP contribution in [0.4, 0.5) is 0 Å². The van der Waals surface area contributed by atoms with Gasteiger partial charge in [-0.15, -0.1) is 0 Å². The van der Waals surface area contributed by atoms with Crippen molar-refractivity contribution in [1.82, 2.24) is 4.90 Å². The summed E-state index contributed by atoms with van der Waals surface area (Å²) in [6, 6.07) is -0.00157. The molecule has 1 fully saturated rings. The molecule has 1 aliphatic rings. The number of thiocarbonyl (C=S) groups is 1. The molecule has 1 atom stereocenters. The molecule has 2 N–H and O–H groups in total. The molecule has 1 unspecified atom stereocenters. The van der Waals surface area contributed by atoms with Crippen LogP contribution in [0.15, 0.2) is 0 Å². The second kappa shape index (κ2) is 4.55. The Morgan fingerprint density at radius 2 is 2.07 bits per heavy atom. The lowest BCUT2D eigenvalue weighted by Gasteiger charge is -2.25. The molecule has 1 saturated heterocycles. The molecule has 0 aromatic heterocycles. The van der Waals surface area contributed by atoms with Gasteiger partial charge in [-0.25, -0.2) is 8.42 Å². The predicted molar refractivity (Wildman–Crippen MR) is 61.1 cm³/mol. The van der Waals surface area contributed by atoms with Gasteiger partial charge in [0.25, 0.3) is 0 Å². The predicted octanol–water partition coefficient (Wildman–Crippen LogP) is -0.218. The van der Waals surface area contributed by atoms with Crippen LogP contribution in [0, 0.1) is 0 Å². The second-order valence-electron chi connectivity index (χ2n) is 3.62. The molecule has 1 rings (SSSR count). The van der Waals surface area contributed by atoms with Crippen LogP contribution < -0.4 is 5.73 Å². The van der Waals surface area contributed by atoms with Crippen LogP contribution in [0.25, 0.3) is 0 Å². The van der Waals surface area contributed by atoms with E-state index in [1.54, 1.807) is 0 Å². The van der Waals surface area contributed by atoms with Crippen molar-refractivity contribution in [2.24, 2.45) is 5.73 Å². The van der Waals surface area contributed by atoms with Gasteiger partial charge in [-0.05, 0) is 19.9 Å². The highest BCUT2D eigenvalue weighted by Crippen LogP contribution is 2.08. The molecule has 0 aromatic carbocycles. The normalized spacial score (nSPS) is 25.2. The molecular weight excluding hydrogens is 220 g/mol. The third-order valence-corrected chi connectivity index (χ3v) is 4.61. The van der Waals surface area contributed by atoms with E-state index < -0.39 is 9.84 Å². The topological polar surface area (TPSA) is 63.4 Å². The first-order valence-corrected chi connectivity index (χ1v) is 6.89. The highest BCUT2D eigenvalue weighted by molar-refractivity contribution is 7.91. The van der Waals surface area contributed by atoms with Crippen LogP contribution in [0.1, 0.15) is 13.3 Å². The molecule has 0 amide bonds. The summed E-state index contributed by atoms with van der Waals surface area (Å²) < 4.78 is 22.6. The maximum Gasteiger partial charge on any atom is 0.151 e. The minimum Gasteiger partial charge on any atom is -0.392 e. The van der Waals surface area contributed by atoms with E-state index in [1.807, 2.05) is 11.8 Å². The van der Waals surface area contributed by atoms with Crippen LogP contribution in [-0.4, -0.2) is 48.9 Å². The van der Waals surface area contributed by atoms with Crippen LogP contribution in [-0.2, 0) is 9.84 Å². The number of hydrogen-bond donors (Lipinski definition) is 1. The van der Waals surface area contributed by atoms with Crippen molar-refractivity contribution in [2.75, 3.05) is 24.6 Å². The Bertz CT molecular complexity index is 313. The van der Waals surface area contributed by atoms with Gasteiger partial charge in [-0.2, -0.15) is 0 Å². The smallest absolute Gasteiger partial charge is 0.151 e. The van der Waals surface area contributed by atoms with Gasteiger partial charge in [0.15, 0.2) is 9.84 Å². The molecule has 4 nitrogen and oxygen atoms in total. The molecular formula is C8H16N2O2S2. The van der Waals surface area contributed by atoms with Crippen molar-refractivity contribution in [3.8, 4) is 0 Å². The Morgan fingerprint density at radius 3 is 2.64 bits per heavy atom. The molecule has 0 bridgehead atoms. The third-order valence-electron chi connectivity index (χ3n) is 2.55. The van der Waals surface area contributed by atoms with Gasteiger partial charge in [0.1, 0.15) is 0 Å². The largest absolute Gasteiger partial charge is 0.392 e. The fourth-order valence-corrected chi connectivity index (χ4v) is 2.96. The standard InChI is InChI=1S/C8H16N2O2S2/c1-7(8(9)13)10-3-2-5-14(11,12)6-4-10/h7H,2-6H2,1H3,(H2,9,13). The van der Waals surface area contributed by atoms with E-state index in [1.165, 1.54) is 0 Å². The Balaban J connectivity index is 2.63. The van der Waals surface area contributed by atoms with Crippen LogP contribution in [0.2, 0.25) is 0 Å². The van der Waals surface area contributed by atoms with E-state index in [0.717, 1.165) is 6.54 Å². The first-order chi connectivity index (χ1) is 6.42. The van der Waals surface area contributed by atoms with Crippen molar-refractivity contribution in [3.05, 3.63) is 0 Å². The van der Waals surface area contributed by atoms with Crippen molar-refractivity contribution in [2.45, 2.75) is 19.4 Å². The minimum atomic E-state index is -2.84. The summed E-state index contributed by atoms with van der Waals surface area (Å²) in [6.45, 7) is 3.22. The molecule has 14 heavy (non-hydrogen) atoms. The van der Waals surface area contributed by atoms with E-state index in [0.29, 0.717) is 18.0 Å². The first kappa shape index (κ1) is 11.9. The molecule has 82 valence electrons. The Kier molecular flexibility index (Phi) is 3.86. The Morgan fingerprint density at radius 1 is 1.43 bits per heavy atom. The zero-order chi connectivity index (χ0) is 10.8. The van der Waals surface area contributed by atoms with E-state index in [4.69, 9.17) is 18.0 Å². The van der Waals surface area contributed by atoms with Crippen molar-refractivity contribution in [3.63, 3.8) is 0 Å². The number of nitrogens with zero attached hydrogens (tertiary/aromatic N) is 1. The monoisotopic (exact) mass is 236 g/mol. The average Bonchev–Trinajstić information content (AvgIpc) is 2.25. The van der Waals surface area contributed by atoms with E-state index >= 15 is 0 Å². The van der Waals surface area contributed by atoms with E-state index in [-0.39, 0.29) is 17.5 Å². The highest BCUT2D eigenvalue weighted by atomic mass is 32.2. The van der Waals surface area contributed by atoms with Crippen molar-refractivity contribution >= 4 is 27.0 Å². The fourth-order valence-electron chi connectivity index (χ4n) is 1.53. The van der Waals surface area contributed by atoms with Gasteiger partial charge in [-0.3, -0.25) is 4.90 Å². The van der Waals surface area contributed by atoms with Gasteiger partial charge < -0.3 is 5.73 Å².